The monoisotopic (exact) mass is 355 g/mol. The van der Waals surface area contributed by atoms with E-state index in [4.69, 9.17) is 4.74 Å². The van der Waals surface area contributed by atoms with E-state index in [9.17, 15) is 10.0 Å². The first-order valence-corrected chi connectivity index (χ1v) is 8.92. The number of amides is 1. The summed E-state index contributed by atoms with van der Waals surface area (Å²) in [5.74, 6) is 0.900. The molecule has 0 aliphatic carbocycles. The molecule has 2 heterocycles. The topological polar surface area (TPSA) is 68.5 Å². The van der Waals surface area contributed by atoms with Gasteiger partial charge in [0.2, 0.25) is 0 Å². The van der Waals surface area contributed by atoms with Gasteiger partial charge in [-0.2, -0.15) is 4.73 Å². The van der Waals surface area contributed by atoms with Crippen molar-refractivity contribution in [3.05, 3.63) is 64.6 Å². The van der Waals surface area contributed by atoms with E-state index in [2.05, 4.69) is 10.2 Å². The highest BCUT2D eigenvalue weighted by atomic mass is 16.5. The Labute approximate surface area is 154 Å². The highest BCUT2D eigenvalue weighted by molar-refractivity contribution is 5.96. The fourth-order valence-electron chi connectivity index (χ4n) is 3.50. The third-order valence-electron chi connectivity index (χ3n) is 5.07. The van der Waals surface area contributed by atoms with Crippen LogP contribution in [0.25, 0.3) is 0 Å². The molecule has 0 radical (unpaired) electrons. The molecule has 1 N–H and O–H groups in total. The van der Waals surface area contributed by atoms with Crippen LogP contribution in [-0.2, 0) is 0 Å². The van der Waals surface area contributed by atoms with E-state index in [1.807, 2.05) is 37.3 Å². The molecular formula is C20H25N3O3. The van der Waals surface area contributed by atoms with Crippen molar-refractivity contribution in [3.8, 4) is 5.75 Å². The summed E-state index contributed by atoms with van der Waals surface area (Å²) in [5, 5.41) is 14.9. The molecular weight excluding hydrogens is 330 g/mol. The Balaban J connectivity index is 1.53. The maximum atomic E-state index is 12.5. The number of carbonyl (C=O) groups is 1. The van der Waals surface area contributed by atoms with E-state index < -0.39 is 0 Å². The first-order valence-electron chi connectivity index (χ1n) is 8.92. The summed E-state index contributed by atoms with van der Waals surface area (Å²) in [6.07, 6.45) is 3.39. The Morgan fingerprint density at radius 1 is 1.27 bits per heavy atom. The summed E-state index contributed by atoms with van der Waals surface area (Å²) in [4.78, 5) is 14.7. The number of nitrogens with one attached hydrogen (secondary N) is 1. The first-order chi connectivity index (χ1) is 12.6. The van der Waals surface area contributed by atoms with Gasteiger partial charge >= 0.3 is 0 Å². The minimum Gasteiger partial charge on any atom is -0.618 e. The summed E-state index contributed by atoms with van der Waals surface area (Å²) in [7, 11) is 1.60. The van der Waals surface area contributed by atoms with E-state index in [-0.39, 0.29) is 11.8 Å². The number of likely N-dealkylation sites (tertiary alicyclic amines) is 1. The molecule has 0 saturated carbocycles. The summed E-state index contributed by atoms with van der Waals surface area (Å²) < 4.78 is 6.24. The molecule has 2 aromatic rings. The van der Waals surface area contributed by atoms with Crippen LogP contribution in [0.1, 0.15) is 40.4 Å². The van der Waals surface area contributed by atoms with Crippen molar-refractivity contribution in [2.24, 2.45) is 0 Å². The Hall–Kier alpha value is -2.60. The van der Waals surface area contributed by atoms with Crippen molar-refractivity contribution in [1.82, 2.24) is 10.2 Å². The van der Waals surface area contributed by atoms with Gasteiger partial charge in [0.05, 0.1) is 13.8 Å². The van der Waals surface area contributed by atoms with Crippen LogP contribution in [-0.4, -0.2) is 37.7 Å². The van der Waals surface area contributed by atoms with Crippen molar-refractivity contribution in [2.75, 3.05) is 26.9 Å². The molecule has 6 heteroatoms. The van der Waals surface area contributed by atoms with Crippen LogP contribution in [0.3, 0.4) is 0 Å². The van der Waals surface area contributed by atoms with Gasteiger partial charge in [-0.15, -0.1) is 0 Å². The zero-order valence-corrected chi connectivity index (χ0v) is 15.3. The first kappa shape index (κ1) is 18.2. The van der Waals surface area contributed by atoms with Crippen LogP contribution in [0.4, 0.5) is 0 Å². The lowest BCUT2D eigenvalue weighted by Gasteiger charge is -2.31. The number of pyridine rings is 1. The summed E-state index contributed by atoms with van der Waals surface area (Å²) in [6.45, 7) is 4.11. The molecule has 1 aliphatic rings. The summed E-state index contributed by atoms with van der Waals surface area (Å²) >= 11 is 0. The molecule has 1 fully saturated rings. The number of nitrogens with zero attached hydrogens (tertiary/aromatic N) is 2. The number of rotatable bonds is 5. The Bertz CT molecular complexity index is 771. The van der Waals surface area contributed by atoms with Gasteiger partial charge in [-0.3, -0.25) is 9.69 Å². The SMILES string of the molecule is COc1cccc(C(=O)NCN2CCC(c3cccc[n+]3[O-])CC2)c1C. The fourth-order valence-corrected chi connectivity index (χ4v) is 3.50. The van der Waals surface area contributed by atoms with Gasteiger partial charge in [-0.25, -0.2) is 0 Å². The maximum Gasteiger partial charge on any atom is 0.252 e. The molecule has 0 unspecified atom stereocenters. The average Bonchev–Trinajstić information content (AvgIpc) is 2.67. The quantitative estimate of drug-likeness (QED) is 0.659. The summed E-state index contributed by atoms with van der Waals surface area (Å²) in [5.41, 5.74) is 2.31. The number of hydrogen-bond acceptors (Lipinski definition) is 4. The number of ether oxygens (including phenoxy) is 1. The van der Waals surface area contributed by atoms with E-state index in [1.54, 1.807) is 19.4 Å². The van der Waals surface area contributed by atoms with E-state index >= 15 is 0 Å². The van der Waals surface area contributed by atoms with Crippen molar-refractivity contribution < 1.29 is 14.3 Å². The largest absolute Gasteiger partial charge is 0.618 e. The van der Waals surface area contributed by atoms with Crippen LogP contribution < -0.4 is 14.8 Å². The highest BCUT2D eigenvalue weighted by Gasteiger charge is 2.25. The number of aromatic nitrogens is 1. The molecule has 6 nitrogen and oxygen atoms in total. The van der Waals surface area contributed by atoms with E-state index in [1.165, 1.54) is 0 Å². The van der Waals surface area contributed by atoms with Gasteiger partial charge in [-0.1, -0.05) is 12.1 Å². The third-order valence-corrected chi connectivity index (χ3v) is 5.07. The maximum absolute atomic E-state index is 12.5. The number of carbonyl (C=O) groups excluding carboxylic acids is 1. The lowest BCUT2D eigenvalue weighted by Crippen LogP contribution is -2.43. The minimum absolute atomic E-state index is 0.0935. The third kappa shape index (κ3) is 3.96. The summed E-state index contributed by atoms with van der Waals surface area (Å²) in [6, 6.07) is 11.0. The number of methoxy groups -OCH3 is 1. The van der Waals surface area contributed by atoms with Gasteiger partial charge in [0.15, 0.2) is 11.9 Å². The van der Waals surface area contributed by atoms with Crippen molar-refractivity contribution >= 4 is 5.91 Å². The standard InChI is InChI=1S/C20H25N3O3/c1-15-17(6-5-8-19(15)26-2)20(24)21-14-22-12-9-16(10-13-22)18-7-3-4-11-23(18)25/h3-8,11,16H,9-10,12-14H2,1-2H3,(H,21,24). The van der Waals surface area contributed by atoms with Crippen LogP contribution in [0.5, 0.6) is 5.75 Å². The van der Waals surface area contributed by atoms with Crippen LogP contribution in [0.2, 0.25) is 0 Å². The molecule has 26 heavy (non-hydrogen) atoms. The molecule has 0 atom stereocenters. The van der Waals surface area contributed by atoms with Crippen molar-refractivity contribution in [3.63, 3.8) is 0 Å². The van der Waals surface area contributed by atoms with Gasteiger partial charge in [0.25, 0.3) is 5.91 Å². The zero-order valence-electron chi connectivity index (χ0n) is 15.3. The van der Waals surface area contributed by atoms with Crippen LogP contribution in [0.15, 0.2) is 42.6 Å². The van der Waals surface area contributed by atoms with Crippen LogP contribution >= 0.6 is 0 Å². The van der Waals surface area contributed by atoms with Gasteiger partial charge in [0, 0.05) is 42.3 Å². The highest BCUT2D eigenvalue weighted by Crippen LogP contribution is 2.25. The molecule has 1 amide bonds. The normalized spacial score (nSPS) is 15.6. The Morgan fingerprint density at radius 3 is 2.73 bits per heavy atom. The Morgan fingerprint density at radius 2 is 2.04 bits per heavy atom. The molecule has 138 valence electrons. The zero-order chi connectivity index (χ0) is 18.5. The average molecular weight is 355 g/mol. The molecule has 1 aliphatic heterocycles. The van der Waals surface area contributed by atoms with E-state index in [0.29, 0.717) is 18.0 Å². The number of hydrogen-bond donors (Lipinski definition) is 1. The molecule has 1 aromatic heterocycles. The Kier molecular flexibility index (Phi) is 5.73. The van der Waals surface area contributed by atoms with Crippen molar-refractivity contribution in [2.45, 2.75) is 25.7 Å². The molecule has 3 rings (SSSR count). The molecule has 0 bridgehead atoms. The molecule has 0 spiro atoms. The number of benzene rings is 1. The second-order valence-electron chi connectivity index (χ2n) is 6.64. The molecule has 1 saturated heterocycles. The van der Waals surface area contributed by atoms with Crippen molar-refractivity contribution in [1.29, 1.82) is 0 Å². The van der Waals surface area contributed by atoms with E-state index in [0.717, 1.165) is 41.9 Å². The van der Waals surface area contributed by atoms with Gasteiger partial charge < -0.3 is 15.3 Å². The van der Waals surface area contributed by atoms with Gasteiger partial charge in [0.1, 0.15) is 5.75 Å². The lowest BCUT2D eigenvalue weighted by molar-refractivity contribution is -0.616. The predicted molar refractivity (Wildman–Crippen MR) is 99.0 cm³/mol. The second-order valence-corrected chi connectivity index (χ2v) is 6.64. The fraction of sp³-hybridized carbons (Fsp3) is 0.400. The van der Waals surface area contributed by atoms with Gasteiger partial charge in [-0.05, 0) is 31.9 Å². The second kappa shape index (κ2) is 8.19. The molecule has 1 aromatic carbocycles. The van der Waals surface area contributed by atoms with Crippen LogP contribution in [0, 0.1) is 12.1 Å². The minimum atomic E-state index is -0.0935. The number of piperidine rings is 1. The predicted octanol–water partition coefficient (Wildman–Crippen LogP) is 2.20. The smallest absolute Gasteiger partial charge is 0.252 e. The lowest BCUT2D eigenvalue weighted by atomic mass is 9.93.